The van der Waals surface area contributed by atoms with Gasteiger partial charge in [0.1, 0.15) is 5.56 Å². The van der Waals surface area contributed by atoms with Gasteiger partial charge in [-0.15, -0.1) is 0 Å². The Morgan fingerprint density at radius 1 is 1.18 bits per heavy atom. The van der Waals surface area contributed by atoms with Crippen molar-refractivity contribution in [3.8, 4) is 5.69 Å². The third kappa shape index (κ3) is 2.65. The van der Waals surface area contributed by atoms with Crippen molar-refractivity contribution < 1.29 is 22.7 Å². The van der Waals surface area contributed by atoms with Crippen LogP contribution in [0.3, 0.4) is 0 Å². The molecule has 2 rings (SSSR count). The number of esters is 1. The van der Waals surface area contributed by atoms with Crippen LogP contribution in [0.1, 0.15) is 16.1 Å². The van der Waals surface area contributed by atoms with Gasteiger partial charge in [-0.3, -0.25) is 14.7 Å². The molecule has 0 aliphatic heterocycles. The number of aromatic amines is 1. The maximum absolute atomic E-state index is 13.1. The summed E-state index contributed by atoms with van der Waals surface area (Å²) in [6, 6.07) is 7.19. The van der Waals surface area contributed by atoms with Gasteiger partial charge in [-0.1, -0.05) is 18.2 Å². The maximum Gasteiger partial charge on any atom is 0.433 e. The molecule has 0 unspecified atom stereocenters. The Bertz CT molecular complexity index is 822. The fourth-order valence-electron chi connectivity index (χ4n) is 1.80. The lowest BCUT2D eigenvalue weighted by molar-refractivity contribution is -0.142. The van der Waals surface area contributed by atoms with Crippen LogP contribution < -0.4 is 11.0 Å². The highest BCUT2D eigenvalue weighted by atomic mass is 19.4. The summed E-state index contributed by atoms with van der Waals surface area (Å²) in [4.78, 5) is 35.2. The van der Waals surface area contributed by atoms with Crippen LogP contribution in [0.15, 0.2) is 39.9 Å². The van der Waals surface area contributed by atoms with Crippen LogP contribution in [0.4, 0.5) is 13.2 Å². The summed E-state index contributed by atoms with van der Waals surface area (Å²) >= 11 is 0. The third-order valence-corrected chi connectivity index (χ3v) is 2.79. The van der Waals surface area contributed by atoms with Crippen molar-refractivity contribution in [3.63, 3.8) is 0 Å². The first-order chi connectivity index (χ1) is 10.3. The van der Waals surface area contributed by atoms with E-state index in [1.54, 1.807) is 11.2 Å². The molecule has 1 aromatic carbocycles. The van der Waals surface area contributed by atoms with Gasteiger partial charge in [0.25, 0.3) is 5.43 Å². The number of H-pyrrole nitrogens is 1. The third-order valence-electron chi connectivity index (χ3n) is 2.79. The molecule has 0 aliphatic rings. The second-order valence-corrected chi connectivity index (χ2v) is 4.16. The average molecular weight is 314 g/mol. The predicted octanol–water partition coefficient (Wildman–Crippen LogP) is 1.33. The minimum Gasteiger partial charge on any atom is -0.465 e. The van der Waals surface area contributed by atoms with E-state index in [0.717, 1.165) is 7.11 Å². The van der Waals surface area contributed by atoms with Gasteiger partial charge in [0.05, 0.1) is 12.8 Å². The van der Waals surface area contributed by atoms with Crippen LogP contribution >= 0.6 is 0 Å². The number of halogens is 3. The first kappa shape index (κ1) is 15.5. The van der Waals surface area contributed by atoms with Crippen molar-refractivity contribution in [2.24, 2.45) is 0 Å². The van der Waals surface area contributed by atoms with E-state index in [1.807, 2.05) is 0 Å². The van der Waals surface area contributed by atoms with E-state index in [-0.39, 0.29) is 5.69 Å². The number of ether oxygens (including phenoxy) is 1. The van der Waals surface area contributed by atoms with Gasteiger partial charge in [0.15, 0.2) is 5.69 Å². The van der Waals surface area contributed by atoms with Gasteiger partial charge >= 0.3 is 17.7 Å². The number of para-hydroxylation sites is 1. The number of nitrogens with zero attached hydrogens (tertiary/aromatic N) is 1. The zero-order valence-electron chi connectivity index (χ0n) is 11.1. The molecule has 9 heteroatoms. The van der Waals surface area contributed by atoms with E-state index in [9.17, 15) is 27.6 Å². The van der Waals surface area contributed by atoms with Crippen molar-refractivity contribution in [1.29, 1.82) is 0 Å². The standard InChI is InChI=1S/C13H9F3N2O4/c1-22-12(21)8-9(19)11(20)18(7-5-3-2-4-6-7)17-10(8)13(14,15)16/h2-6,17H,1H3. The van der Waals surface area contributed by atoms with Crippen molar-refractivity contribution in [2.75, 3.05) is 7.11 Å². The average Bonchev–Trinajstić information content (AvgIpc) is 2.48. The molecule has 0 saturated carbocycles. The van der Waals surface area contributed by atoms with E-state index in [2.05, 4.69) is 4.74 Å². The normalized spacial score (nSPS) is 11.3. The van der Waals surface area contributed by atoms with Crippen LogP contribution in [0.2, 0.25) is 0 Å². The molecule has 0 radical (unpaired) electrons. The molecule has 1 aromatic heterocycles. The van der Waals surface area contributed by atoms with E-state index in [0.29, 0.717) is 4.68 Å². The molecule has 0 saturated heterocycles. The Morgan fingerprint density at radius 2 is 1.77 bits per heavy atom. The molecular weight excluding hydrogens is 305 g/mol. The SMILES string of the molecule is COC(=O)c1c(C(F)(F)F)[nH]n(-c2ccccc2)c(=O)c1=O. The molecule has 116 valence electrons. The van der Waals surface area contributed by atoms with Gasteiger partial charge in [0.2, 0.25) is 0 Å². The number of benzene rings is 1. The number of nitrogens with one attached hydrogen (secondary N) is 1. The minimum absolute atomic E-state index is 0.0199. The molecule has 0 amide bonds. The van der Waals surface area contributed by atoms with Crippen LogP contribution in [0.25, 0.3) is 5.69 Å². The van der Waals surface area contributed by atoms with Gasteiger partial charge in [-0.25, -0.2) is 9.48 Å². The highest BCUT2D eigenvalue weighted by Gasteiger charge is 2.40. The second kappa shape index (κ2) is 5.51. The van der Waals surface area contributed by atoms with Gasteiger partial charge in [0, 0.05) is 0 Å². The number of rotatable bonds is 2. The van der Waals surface area contributed by atoms with Crippen molar-refractivity contribution in [1.82, 2.24) is 9.78 Å². The van der Waals surface area contributed by atoms with Crippen LogP contribution in [0.5, 0.6) is 0 Å². The second-order valence-electron chi connectivity index (χ2n) is 4.16. The van der Waals surface area contributed by atoms with Gasteiger partial charge in [-0.2, -0.15) is 13.2 Å². The van der Waals surface area contributed by atoms with Crippen molar-refractivity contribution >= 4 is 5.97 Å². The Morgan fingerprint density at radius 3 is 2.27 bits per heavy atom. The van der Waals surface area contributed by atoms with E-state index in [1.165, 1.54) is 24.3 Å². The summed E-state index contributed by atoms with van der Waals surface area (Å²) in [5.74, 6) is -1.54. The number of hydrogen-bond acceptors (Lipinski definition) is 4. The van der Waals surface area contributed by atoms with Crippen LogP contribution in [0, 0.1) is 0 Å². The Hall–Kier alpha value is -2.84. The Balaban J connectivity index is 2.88. The molecule has 0 aliphatic carbocycles. The summed E-state index contributed by atoms with van der Waals surface area (Å²) in [5, 5.41) is 1.77. The fraction of sp³-hybridized carbons (Fsp3) is 0.154. The molecule has 1 N–H and O–H groups in total. The highest BCUT2D eigenvalue weighted by Crippen LogP contribution is 2.29. The molecule has 2 aromatic rings. The summed E-state index contributed by atoms with van der Waals surface area (Å²) in [5.41, 5.74) is -5.91. The molecule has 1 heterocycles. The lowest BCUT2D eigenvalue weighted by Crippen LogP contribution is -2.42. The van der Waals surface area contributed by atoms with Crippen molar-refractivity contribution in [3.05, 3.63) is 62.2 Å². The highest BCUT2D eigenvalue weighted by molar-refractivity contribution is 5.90. The number of hydrogen-bond donors (Lipinski definition) is 1. The monoisotopic (exact) mass is 314 g/mol. The first-order valence-corrected chi connectivity index (χ1v) is 5.87. The van der Waals surface area contributed by atoms with E-state index >= 15 is 0 Å². The molecule has 0 atom stereocenters. The largest absolute Gasteiger partial charge is 0.465 e. The van der Waals surface area contributed by atoms with Crippen molar-refractivity contribution in [2.45, 2.75) is 6.18 Å². The molecular formula is C13H9F3N2O4. The Kier molecular flexibility index (Phi) is 3.89. The lowest BCUT2D eigenvalue weighted by Gasteiger charge is -2.14. The Labute approximate surface area is 120 Å². The van der Waals surface area contributed by atoms with E-state index < -0.39 is 34.4 Å². The van der Waals surface area contributed by atoms with E-state index in [4.69, 9.17) is 0 Å². The summed E-state index contributed by atoms with van der Waals surface area (Å²) in [7, 11) is 0.810. The molecule has 6 nitrogen and oxygen atoms in total. The number of aromatic nitrogens is 2. The smallest absolute Gasteiger partial charge is 0.433 e. The fourth-order valence-corrected chi connectivity index (χ4v) is 1.80. The summed E-state index contributed by atoms with van der Waals surface area (Å²) in [6.45, 7) is 0. The van der Waals surface area contributed by atoms with Crippen LogP contribution in [-0.4, -0.2) is 22.9 Å². The lowest BCUT2D eigenvalue weighted by atomic mass is 10.2. The quantitative estimate of drug-likeness (QED) is 0.670. The van der Waals surface area contributed by atoms with Gasteiger partial charge in [-0.05, 0) is 12.1 Å². The molecule has 0 spiro atoms. The number of alkyl halides is 3. The maximum atomic E-state index is 13.1. The van der Waals surface area contributed by atoms with Gasteiger partial charge < -0.3 is 4.74 Å². The zero-order valence-corrected chi connectivity index (χ0v) is 11.1. The predicted molar refractivity (Wildman–Crippen MR) is 69.0 cm³/mol. The minimum atomic E-state index is -5.05. The molecule has 0 fully saturated rings. The molecule has 0 bridgehead atoms. The number of carbonyl (C=O) groups is 1. The van der Waals surface area contributed by atoms with Crippen LogP contribution in [-0.2, 0) is 10.9 Å². The zero-order chi connectivity index (χ0) is 16.5. The molecule has 22 heavy (non-hydrogen) atoms. The number of carbonyl (C=O) groups excluding carboxylic acids is 1. The topological polar surface area (TPSA) is 81.2 Å². The number of methoxy groups -OCH3 is 1. The summed E-state index contributed by atoms with van der Waals surface area (Å²) in [6.07, 6.45) is -5.05. The summed E-state index contributed by atoms with van der Waals surface area (Å²) < 4.78 is 43.8. The first-order valence-electron chi connectivity index (χ1n) is 5.87.